The fourth-order valence-electron chi connectivity index (χ4n) is 4.09. The van der Waals surface area contributed by atoms with Crippen molar-refractivity contribution in [3.63, 3.8) is 0 Å². The lowest BCUT2D eigenvalue weighted by Crippen LogP contribution is -3.10. The second-order valence-electron chi connectivity index (χ2n) is 7.97. The van der Waals surface area contributed by atoms with Gasteiger partial charge >= 0.3 is 0 Å². The summed E-state index contributed by atoms with van der Waals surface area (Å²) in [4.78, 5) is 16.0. The minimum Gasteiger partial charge on any atom is -0.331 e. The number of unbranched alkanes of at least 4 members (excludes halogenated alkanes) is 2. The van der Waals surface area contributed by atoms with Crippen LogP contribution in [0.15, 0.2) is 30.3 Å². The van der Waals surface area contributed by atoms with Crippen LogP contribution in [0.4, 0.5) is 5.00 Å². The van der Waals surface area contributed by atoms with Crippen LogP contribution in [0, 0.1) is 0 Å². The number of hydrogen-bond acceptors (Lipinski definition) is 2. The Kier molecular flexibility index (Phi) is 8.11. The van der Waals surface area contributed by atoms with Crippen LogP contribution in [0.5, 0.6) is 0 Å². The molecular weight excluding hydrogens is 364 g/mol. The third-order valence-corrected chi connectivity index (χ3v) is 6.99. The van der Waals surface area contributed by atoms with Gasteiger partial charge in [0, 0.05) is 16.0 Å². The number of amides is 1. The van der Waals surface area contributed by atoms with Gasteiger partial charge in [0.1, 0.15) is 11.5 Å². The maximum atomic E-state index is 12.8. The van der Waals surface area contributed by atoms with E-state index < -0.39 is 0 Å². The molecule has 1 aromatic carbocycles. The summed E-state index contributed by atoms with van der Waals surface area (Å²) < 4.78 is 0. The van der Waals surface area contributed by atoms with Gasteiger partial charge in [0.05, 0.1) is 13.1 Å². The van der Waals surface area contributed by atoms with E-state index in [0.717, 1.165) is 17.1 Å². The number of fused-ring (bicyclic) bond motifs is 1. The molecule has 0 aliphatic heterocycles. The molecule has 0 radical (unpaired) electrons. The van der Waals surface area contributed by atoms with Gasteiger partial charge in [-0.3, -0.25) is 4.79 Å². The number of thiophene rings is 1. The number of anilines is 1. The number of hydrogen-bond donors (Lipinski definition) is 2. The molecule has 2 N–H and O–H groups in total. The van der Waals surface area contributed by atoms with E-state index in [-0.39, 0.29) is 5.91 Å². The molecule has 2 aromatic rings. The van der Waals surface area contributed by atoms with Gasteiger partial charge in [0.25, 0.3) is 5.91 Å². The minimum atomic E-state index is 0.0177. The van der Waals surface area contributed by atoms with Crippen molar-refractivity contribution >= 4 is 22.2 Å². The predicted octanol–water partition coefficient (Wildman–Crippen LogP) is 4.86. The Hall–Kier alpha value is -1.65. The average Bonchev–Trinajstić information content (AvgIpc) is 3.07. The fraction of sp³-hybridized carbons (Fsp3) is 0.542. The van der Waals surface area contributed by atoms with Gasteiger partial charge in [-0.25, -0.2) is 0 Å². The number of carbonyl (C=O) groups is 1. The normalized spacial score (nSPS) is 13.5. The molecular formula is C24H35N2OS+. The molecule has 28 heavy (non-hydrogen) atoms. The van der Waals surface area contributed by atoms with Crippen molar-refractivity contribution in [3.8, 4) is 0 Å². The van der Waals surface area contributed by atoms with Gasteiger partial charge in [-0.15, -0.1) is 11.3 Å². The molecule has 1 amide bonds. The third kappa shape index (κ3) is 5.45. The monoisotopic (exact) mass is 399 g/mol. The first-order chi connectivity index (χ1) is 13.7. The van der Waals surface area contributed by atoms with Gasteiger partial charge < -0.3 is 10.2 Å². The largest absolute Gasteiger partial charge is 0.331 e. The van der Waals surface area contributed by atoms with E-state index in [0.29, 0.717) is 0 Å². The van der Waals surface area contributed by atoms with Crippen LogP contribution in [-0.4, -0.2) is 19.0 Å². The summed E-state index contributed by atoms with van der Waals surface area (Å²) in [6.45, 7) is 8.06. The van der Waals surface area contributed by atoms with Crippen LogP contribution in [0.3, 0.4) is 0 Å². The molecule has 152 valence electrons. The zero-order valence-corrected chi connectivity index (χ0v) is 18.3. The standard InChI is InChI=1S/C24H34N2OS/c1-3-5-16-26(17-6-4-2)18-21-20-14-10-11-15-22(20)28-24(21)25-23(27)19-12-8-7-9-13-19/h7-9,12-13H,3-6,10-11,14-18H2,1-2H3,(H,25,27)/p+1. The molecule has 0 atom stereocenters. The third-order valence-electron chi connectivity index (χ3n) is 5.74. The van der Waals surface area contributed by atoms with Crippen LogP contribution in [0.2, 0.25) is 0 Å². The lowest BCUT2D eigenvalue weighted by atomic mass is 9.95. The zero-order valence-electron chi connectivity index (χ0n) is 17.5. The Morgan fingerprint density at radius 3 is 2.39 bits per heavy atom. The first kappa shape index (κ1) is 21.1. The minimum absolute atomic E-state index is 0.0177. The first-order valence-electron chi connectivity index (χ1n) is 11.1. The van der Waals surface area contributed by atoms with Crippen LogP contribution < -0.4 is 10.2 Å². The van der Waals surface area contributed by atoms with Gasteiger partial charge in [-0.1, -0.05) is 44.9 Å². The molecule has 1 aliphatic rings. The Labute approximate surface area is 174 Å². The molecule has 0 saturated carbocycles. The molecule has 0 saturated heterocycles. The molecule has 4 heteroatoms. The Morgan fingerprint density at radius 1 is 1.04 bits per heavy atom. The van der Waals surface area contributed by atoms with Gasteiger partial charge in [0.2, 0.25) is 0 Å². The van der Waals surface area contributed by atoms with E-state index >= 15 is 0 Å². The van der Waals surface area contributed by atoms with Gasteiger partial charge in [0.15, 0.2) is 0 Å². The Balaban J connectivity index is 1.83. The number of nitrogens with one attached hydrogen (secondary N) is 2. The first-order valence-corrected chi connectivity index (χ1v) is 11.9. The number of rotatable bonds is 10. The number of benzene rings is 1. The van der Waals surface area contributed by atoms with Crippen LogP contribution in [0.1, 0.15) is 78.7 Å². The van der Waals surface area contributed by atoms with Crippen molar-refractivity contribution in [1.82, 2.24) is 0 Å². The second kappa shape index (κ2) is 10.8. The number of carbonyl (C=O) groups excluding carboxylic acids is 1. The molecule has 1 aromatic heterocycles. The summed E-state index contributed by atoms with van der Waals surface area (Å²) in [5.74, 6) is 0.0177. The number of aryl methyl sites for hydroxylation is 1. The summed E-state index contributed by atoms with van der Waals surface area (Å²) in [6, 6.07) is 9.59. The summed E-state index contributed by atoms with van der Waals surface area (Å²) >= 11 is 1.83. The van der Waals surface area contributed by atoms with Crippen LogP contribution >= 0.6 is 11.3 Å². The maximum Gasteiger partial charge on any atom is 0.256 e. The topological polar surface area (TPSA) is 33.5 Å². The summed E-state index contributed by atoms with van der Waals surface area (Å²) in [5.41, 5.74) is 3.71. The van der Waals surface area contributed by atoms with Gasteiger partial charge in [-0.05, 0) is 56.2 Å². The van der Waals surface area contributed by atoms with Crippen molar-refractivity contribution in [1.29, 1.82) is 0 Å². The lowest BCUT2D eigenvalue weighted by Gasteiger charge is -2.21. The average molecular weight is 400 g/mol. The quantitative estimate of drug-likeness (QED) is 0.587. The van der Waals surface area contributed by atoms with Crippen molar-refractivity contribution < 1.29 is 9.69 Å². The van der Waals surface area contributed by atoms with Crippen molar-refractivity contribution in [2.45, 2.75) is 71.8 Å². The summed E-state index contributed by atoms with van der Waals surface area (Å²) in [7, 11) is 0. The summed E-state index contributed by atoms with van der Waals surface area (Å²) in [6.07, 6.45) is 9.95. The molecule has 0 unspecified atom stereocenters. The second-order valence-corrected chi connectivity index (χ2v) is 9.08. The van der Waals surface area contributed by atoms with Crippen molar-refractivity contribution in [2.24, 2.45) is 0 Å². The maximum absolute atomic E-state index is 12.8. The lowest BCUT2D eigenvalue weighted by molar-refractivity contribution is -0.914. The fourth-order valence-corrected chi connectivity index (χ4v) is 5.39. The van der Waals surface area contributed by atoms with Crippen molar-refractivity contribution in [2.75, 3.05) is 18.4 Å². The Bertz CT molecular complexity index is 745. The molecule has 0 fully saturated rings. The smallest absolute Gasteiger partial charge is 0.256 e. The molecule has 0 spiro atoms. The SMILES string of the molecule is CCCC[NH+](CCCC)Cc1c(NC(=O)c2ccccc2)sc2c1CCCC2. The number of quaternary nitrogens is 1. The molecule has 1 heterocycles. The molecule has 0 bridgehead atoms. The van der Waals surface area contributed by atoms with Gasteiger partial charge in [-0.2, -0.15) is 0 Å². The van der Waals surface area contributed by atoms with E-state index in [2.05, 4.69) is 19.2 Å². The van der Waals surface area contributed by atoms with E-state index in [1.165, 1.54) is 74.9 Å². The molecule has 1 aliphatic carbocycles. The van der Waals surface area contributed by atoms with E-state index in [1.807, 2.05) is 41.7 Å². The highest BCUT2D eigenvalue weighted by Crippen LogP contribution is 2.38. The predicted molar refractivity (Wildman–Crippen MR) is 120 cm³/mol. The highest BCUT2D eigenvalue weighted by atomic mass is 32.1. The van der Waals surface area contributed by atoms with E-state index in [4.69, 9.17) is 0 Å². The van der Waals surface area contributed by atoms with Crippen LogP contribution in [-0.2, 0) is 19.4 Å². The Morgan fingerprint density at radius 2 is 1.71 bits per heavy atom. The molecule has 3 nitrogen and oxygen atoms in total. The van der Waals surface area contributed by atoms with Crippen molar-refractivity contribution in [3.05, 3.63) is 51.9 Å². The highest BCUT2D eigenvalue weighted by molar-refractivity contribution is 7.16. The molecule has 3 rings (SSSR count). The highest BCUT2D eigenvalue weighted by Gasteiger charge is 2.25. The van der Waals surface area contributed by atoms with E-state index in [1.54, 1.807) is 10.5 Å². The van der Waals surface area contributed by atoms with E-state index in [9.17, 15) is 4.79 Å². The summed E-state index contributed by atoms with van der Waals surface area (Å²) in [5, 5.41) is 4.37. The van der Waals surface area contributed by atoms with Crippen LogP contribution in [0.25, 0.3) is 0 Å². The zero-order chi connectivity index (χ0) is 19.8.